The number of benzene rings is 2. The first-order chi connectivity index (χ1) is 12.1. The number of alkyl halides is 2. The summed E-state index contributed by atoms with van der Waals surface area (Å²) in [5, 5.41) is 14.8. The highest BCUT2D eigenvalue weighted by Crippen LogP contribution is 2.17. The summed E-state index contributed by atoms with van der Waals surface area (Å²) < 4.78 is 2.19. The summed E-state index contributed by atoms with van der Waals surface area (Å²) in [6, 6.07) is 14.4. The molecule has 0 aromatic heterocycles. The van der Waals surface area contributed by atoms with E-state index >= 15 is 0 Å². The van der Waals surface area contributed by atoms with Crippen molar-refractivity contribution < 1.29 is 4.92 Å². The lowest BCUT2D eigenvalue weighted by Crippen LogP contribution is -2.27. The van der Waals surface area contributed by atoms with E-state index in [0.29, 0.717) is 5.69 Å². The van der Waals surface area contributed by atoms with E-state index in [4.69, 9.17) is 0 Å². The van der Waals surface area contributed by atoms with Crippen LogP contribution in [0.15, 0.2) is 53.6 Å². The molecule has 0 spiro atoms. The summed E-state index contributed by atoms with van der Waals surface area (Å²) >= 11 is 4.79. The van der Waals surface area contributed by atoms with Gasteiger partial charge in [-0.25, -0.2) is 0 Å². The molecule has 0 bridgehead atoms. The Morgan fingerprint density at radius 2 is 1.64 bits per heavy atom. The Morgan fingerprint density at radius 3 is 2.16 bits per heavy atom. The van der Waals surface area contributed by atoms with Crippen molar-refractivity contribution in [3.05, 3.63) is 64.2 Å². The van der Waals surface area contributed by atoms with Gasteiger partial charge in [0.2, 0.25) is 0 Å². The van der Waals surface area contributed by atoms with Gasteiger partial charge in [0.1, 0.15) is 0 Å². The first kappa shape index (κ1) is 19.9. The molecule has 0 aliphatic rings. The molecule has 0 aliphatic carbocycles. The topological polar surface area (TPSA) is 70.8 Å². The number of hydrogen-bond donors (Lipinski definition) is 1. The van der Waals surface area contributed by atoms with Gasteiger partial charge in [-0.05, 0) is 29.8 Å². The predicted octanol–water partition coefficient (Wildman–Crippen LogP) is 4.72. The maximum Gasteiger partial charge on any atom is 0.269 e. The SMILES string of the molecule is O=[N+]([O-])c1ccc(N/N=C/c2ccc(N(CCI)CCI)cc2)cc1. The zero-order valence-electron chi connectivity index (χ0n) is 13.4. The third-order valence-corrected chi connectivity index (χ3v) is 4.42. The second-order valence-electron chi connectivity index (χ2n) is 5.13. The van der Waals surface area contributed by atoms with E-state index in [1.807, 2.05) is 12.1 Å². The number of hydrogen-bond acceptors (Lipinski definition) is 5. The molecule has 0 unspecified atom stereocenters. The van der Waals surface area contributed by atoms with Crippen molar-refractivity contribution in [1.82, 2.24) is 0 Å². The van der Waals surface area contributed by atoms with Crippen LogP contribution in [0.3, 0.4) is 0 Å². The van der Waals surface area contributed by atoms with Crippen LogP contribution >= 0.6 is 45.2 Å². The molecular formula is C17H18I2N4O2. The highest BCUT2D eigenvalue weighted by molar-refractivity contribution is 14.1. The Bertz CT molecular complexity index is 700. The van der Waals surface area contributed by atoms with E-state index in [1.165, 1.54) is 17.8 Å². The number of nitrogens with one attached hydrogen (secondary N) is 1. The summed E-state index contributed by atoms with van der Waals surface area (Å²) in [7, 11) is 0. The average molecular weight is 564 g/mol. The Kier molecular flexibility index (Phi) is 8.38. The molecule has 6 nitrogen and oxygen atoms in total. The van der Waals surface area contributed by atoms with Gasteiger partial charge in [-0.3, -0.25) is 15.5 Å². The molecular weight excluding hydrogens is 546 g/mol. The Balaban J connectivity index is 1.95. The fourth-order valence-electron chi connectivity index (χ4n) is 2.18. The van der Waals surface area contributed by atoms with E-state index in [-0.39, 0.29) is 5.69 Å². The summed E-state index contributed by atoms with van der Waals surface area (Å²) in [5.74, 6) is 0. The van der Waals surface area contributed by atoms with Gasteiger partial charge in [-0.2, -0.15) is 5.10 Å². The van der Waals surface area contributed by atoms with E-state index < -0.39 is 4.92 Å². The minimum atomic E-state index is -0.423. The molecule has 2 rings (SSSR count). The number of non-ortho nitro benzene ring substituents is 1. The van der Waals surface area contributed by atoms with Crippen LogP contribution in [0.25, 0.3) is 0 Å². The zero-order valence-corrected chi connectivity index (χ0v) is 17.8. The maximum atomic E-state index is 10.6. The van der Waals surface area contributed by atoms with Crippen molar-refractivity contribution >= 4 is 68.5 Å². The number of anilines is 2. The first-order valence-corrected chi connectivity index (χ1v) is 10.7. The number of halogens is 2. The average Bonchev–Trinajstić information content (AvgIpc) is 2.62. The molecule has 132 valence electrons. The summed E-state index contributed by atoms with van der Waals surface area (Å²) in [5.41, 5.74) is 5.84. The number of nitro groups is 1. The van der Waals surface area contributed by atoms with Crippen LogP contribution < -0.4 is 10.3 Å². The number of nitrogens with zero attached hydrogens (tertiary/aromatic N) is 3. The van der Waals surface area contributed by atoms with Gasteiger partial charge in [0.15, 0.2) is 0 Å². The van der Waals surface area contributed by atoms with Crippen LogP contribution in [0, 0.1) is 10.1 Å². The van der Waals surface area contributed by atoms with Gasteiger partial charge in [-0.15, -0.1) is 0 Å². The molecule has 25 heavy (non-hydrogen) atoms. The van der Waals surface area contributed by atoms with Gasteiger partial charge < -0.3 is 4.90 Å². The Labute approximate surface area is 174 Å². The van der Waals surface area contributed by atoms with Crippen LogP contribution in [0.1, 0.15) is 5.56 Å². The van der Waals surface area contributed by atoms with E-state index in [0.717, 1.165) is 27.5 Å². The predicted molar refractivity (Wildman–Crippen MR) is 121 cm³/mol. The second kappa shape index (κ2) is 10.5. The fraction of sp³-hybridized carbons (Fsp3) is 0.235. The van der Waals surface area contributed by atoms with Crippen LogP contribution in [-0.2, 0) is 0 Å². The number of rotatable bonds is 9. The summed E-state index contributed by atoms with van der Waals surface area (Å²) in [4.78, 5) is 12.6. The summed E-state index contributed by atoms with van der Waals surface area (Å²) in [6.07, 6.45) is 1.73. The van der Waals surface area contributed by atoms with Gasteiger partial charge in [0, 0.05) is 39.8 Å². The van der Waals surface area contributed by atoms with Gasteiger partial charge in [0.05, 0.1) is 16.8 Å². The first-order valence-electron chi connectivity index (χ1n) is 7.64. The Morgan fingerprint density at radius 1 is 1.04 bits per heavy atom. The molecule has 0 amide bonds. The van der Waals surface area contributed by atoms with E-state index in [1.54, 1.807) is 18.3 Å². The van der Waals surface area contributed by atoms with Gasteiger partial charge >= 0.3 is 0 Å². The lowest BCUT2D eigenvalue weighted by Gasteiger charge is -2.23. The highest BCUT2D eigenvalue weighted by Gasteiger charge is 2.05. The van der Waals surface area contributed by atoms with Crippen molar-refractivity contribution in [3.63, 3.8) is 0 Å². The second-order valence-corrected chi connectivity index (χ2v) is 7.29. The van der Waals surface area contributed by atoms with E-state index in [9.17, 15) is 10.1 Å². The van der Waals surface area contributed by atoms with Crippen molar-refractivity contribution in [3.8, 4) is 0 Å². The maximum absolute atomic E-state index is 10.6. The molecule has 1 N–H and O–H groups in total. The molecule has 0 saturated carbocycles. The van der Waals surface area contributed by atoms with Crippen LogP contribution in [0.2, 0.25) is 0 Å². The standard InChI is InChI=1S/C17H18I2N4O2/c18-9-11-22(12-10-19)16-5-1-14(2-6-16)13-20-21-15-3-7-17(8-4-15)23(24)25/h1-8,13,21H,9-12H2/b20-13+. The quantitative estimate of drug-likeness (QED) is 0.158. The third-order valence-electron chi connectivity index (χ3n) is 3.45. The molecule has 2 aromatic rings. The number of nitro benzene ring substituents is 1. The molecule has 0 heterocycles. The van der Waals surface area contributed by atoms with Crippen LogP contribution in [-0.4, -0.2) is 33.1 Å². The van der Waals surface area contributed by atoms with Crippen molar-refractivity contribution in [1.29, 1.82) is 0 Å². The minimum Gasteiger partial charge on any atom is -0.370 e. The number of hydrazone groups is 1. The van der Waals surface area contributed by atoms with Gasteiger partial charge in [-0.1, -0.05) is 57.3 Å². The lowest BCUT2D eigenvalue weighted by molar-refractivity contribution is -0.384. The van der Waals surface area contributed by atoms with Crippen molar-refractivity contribution in [2.24, 2.45) is 5.10 Å². The zero-order chi connectivity index (χ0) is 18.1. The highest BCUT2D eigenvalue weighted by atomic mass is 127. The van der Waals surface area contributed by atoms with E-state index in [2.05, 4.69) is 72.7 Å². The third kappa shape index (κ3) is 6.42. The molecule has 2 aromatic carbocycles. The monoisotopic (exact) mass is 564 g/mol. The molecule has 0 radical (unpaired) electrons. The van der Waals surface area contributed by atoms with Crippen molar-refractivity contribution in [2.45, 2.75) is 0 Å². The van der Waals surface area contributed by atoms with Gasteiger partial charge in [0.25, 0.3) is 5.69 Å². The lowest BCUT2D eigenvalue weighted by atomic mass is 10.2. The Hall–Kier alpha value is -1.43. The van der Waals surface area contributed by atoms with Crippen LogP contribution in [0.4, 0.5) is 17.1 Å². The normalized spacial score (nSPS) is 10.8. The smallest absolute Gasteiger partial charge is 0.269 e. The molecule has 0 aliphatic heterocycles. The van der Waals surface area contributed by atoms with Crippen molar-refractivity contribution in [2.75, 3.05) is 32.3 Å². The minimum absolute atomic E-state index is 0.0627. The fourth-order valence-corrected chi connectivity index (χ4v) is 3.35. The summed E-state index contributed by atoms with van der Waals surface area (Å²) in [6.45, 7) is 2.08. The largest absolute Gasteiger partial charge is 0.370 e. The molecule has 0 saturated heterocycles. The van der Waals surface area contributed by atoms with Crippen LogP contribution in [0.5, 0.6) is 0 Å². The molecule has 0 fully saturated rings. The molecule has 8 heteroatoms. The molecule has 0 atom stereocenters.